The highest BCUT2D eigenvalue weighted by molar-refractivity contribution is 6.03. The molecule has 0 atom stereocenters. The highest BCUT2D eigenvalue weighted by Gasteiger charge is 2.29. The van der Waals surface area contributed by atoms with Crippen LogP contribution in [0.4, 0.5) is 0 Å². The van der Waals surface area contributed by atoms with Crippen LogP contribution in [0, 0.1) is 0 Å². The first-order valence-electron chi connectivity index (χ1n) is 14.0. The highest BCUT2D eigenvalue weighted by atomic mass is 16.3. The number of para-hydroxylation sites is 2. The van der Waals surface area contributed by atoms with Crippen molar-refractivity contribution in [2.75, 3.05) is 0 Å². The minimum Gasteiger partial charge on any atom is -0.507 e. The third kappa shape index (κ3) is 3.77. The molecule has 0 unspecified atom stereocenters. The number of hydrogen-bond acceptors (Lipinski definition) is 3. The zero-order chi connectivity index (χ0) is 28.0. The van der Waals surface area contributed by atoms with Gasteiger partial charge < -0.3 is 5.11 Å². The molecule has 0 radical (unpaired) electrons. The lowest BCUT2D eigenvalue weighted by Crippen LogP contribution is -2.03. The second-order valence-corrected chi connectivity index (χ2v) is 10.4. The van der Waals surface area contributed by atoms with Crippen LogP contribution in [0.15, 0.2) is 146 Å². The fourth-order valence-electron chi connectivity index (χ4n) is 6.07. The normalized spacial score (nSPS) is 11.4. The fraction of sp³-hybridized carbons (Fsp3) is 0. The van der Waals surface area contributed by atoms with Gasteiger partial charge in [-0.15, -0.1) is 0 Å². The van der Waals surface area contributed by atoms with Gasteiger partial charge >= 0.3 is 0 Å². The summed E-state index contributed by atoms with van der Waals surface area (Å²) >= 11 is 0. The van der Waals surface area contributed by atoms with Gasteiger partial charge in [-0.3, -0.25) is 9.55 Å². The van der Waals surface area contributed by atoms with Crippen LogP contribution in [-0.2, 0) is 0 Å². The quantitative estimate of drug-likeness (QED) is 0.243. The van der Waals surface area contributed by atoms with Crippen molar-refractivity contribution in [1.29, 1.82) is 0 Å². The van der Waals surface area contributed by atoms with E-state index >= 15 is 0 Å². The first-order chi connectivity index (χ1) is 20.8. The van der Waals surface area contributed by atoms with E-state index in [-0.39, 0.29) is 5.75 Å². The Bertz CT molecular complexity index is 2100. The summed E-state index contributed by atoms with van der Waals surface area (Å²) in [5.74, 6) is 0.867. The number of aromatic nitrogens is 3. The molecule has 0 bridgehead atoms. The van der Waals surface area contributed by atoms with E-state index in [9.17, 15) is 5.11 Å². The van der Waals surface area contributed by atoms with Crippen LogP contribution < -0.4 is 0 Å². The molecule has 198 valence electrons. The molecule has 42 heavy (non-hydrogen) atoms. The first kappa shape index (κ1) is 24.1. The van der Waals surface area contributed by atoms with Crippen LogP contribution >= 0.6 is 0 Å². The molecule has 0 amide bonds. The number of fused-ring (bicyclic) bond motifs is 8. The van der Waals surface area contributed by atoms with Crippen molar-refractivity contribution in [1.82, 2.24) is 14.5 Å². The second kappa shape index (κ2) is 9.72. The molecule has 8 rings (SSSR count). The van der Waals surface area contributed by atoms with Crippen molar-refractivity contribution >= 4 is 0 Å². The van der Waals surface area contributed by atoms with E-state index in [2.05, 4.69) is 88.4 Å². The number of hydrogen-bond donors (Lipinski definition) is 1. The van der Waals surface area contributed by atoms with Gasteiger partial charge in [0, 0.05) is 28.6 Å². The molecule has 7 aromatic rings. The lowest BCUT2D eigenvalue weighted by Gasteiger charge is -2.22. The lowest BCUT2D eigenvalue weighted by molar-refractivity contribution is 0.477. The Balaban J connectivity index is 1.56. The molecule has 5 aromatic carbocycles. The van der Waals surface area contributed by atoms with Gasteiger partial charge in [0.2, 0.25) is 0 Å². The van der Waals surface area contributed by atoms with E-state index in [1.807, 2.05) is 60.8 Å². The molecule has 0 aliphatic heterocycles. The largest absolute Gasteiger partial charge is 0.507 e. The Morgan fingerprint density at radius 2 is 1.10 bits per heavy atom. The van der Waals surface area contributed by atoms with E-state index in [1.165, 1.54) is 0 Å². The van der Waals surface area contributed by atoms with Gasteiger partial charge in [-0.05, 0) is 64.7 Å². The lowest BCUT2D eigenvalue weighted by atomic mass is 9.83. The number of nitrogens with zero attached hydrogens (tertiary/aromatic N) is 3. The Morgan fingerprint density at radius 3 is 1.79 bits per heavy atom. The van der Waals surface area contributed by atoms with Gasteiger partial charge in [0.15, 0.2) is 0 Å². The van der Waals surface area contributed by atoms with E-state index in [1.54, 1.807) is 6.07 Å². The summed E-state index contributed by atoms with van der Waals surface area (Å²) in [7, 11) is 0. The van der Waals surface area contributed by atoms with Crippen LogP contribution in [0.2, 0.25) is 0 Å². The average Bonchev–Trinajstić information content (AvgIpc) is 3.45. The molecule has 2 heterocycles. The number of benzene rings is 5. The Hall–Kier alpha value is -5.74. The molecule has 0 spiro atoms. The molecule has 0 saturated heterocycles. The van der Waals surface area contributed by atoms with Gasteiger partial charge in [-0.1, -0.05) is 97.1 Å². The minimum atomic E-state index is 0.187. The average molecular weight is 540 g/mol. The van der Waals surface area contributed by atoms with Gasteiger partial charge in [0.1, 0.15) is 11.6 Å². The van der Waals surface area contributed by atoms with Gasteiger partial charge in [-0.2, -0.15) is 0 Å². The van der Waals surface area contributed by atoms with Crippen molar-refractivity contribution < 1.29 is 5.11 Å². The SMILES string of the molecule is Oc1ccccc1-c1nc2c(n1-c1ccccc1)-c1ccccc1-c1ccccc1-c1ccc(-c3ccccn3)cc1-2. The van der Waals surface area contributed by atoms with Crippen molar-refractivity contribution in [2.24, 2.45) is 0 Å². The number of aromatic hydroxyl groups is 1. The van der Waals surface area contributed by atoms with Crippen molar-refractivity contribution in [3.8, 4) is 78.9 Å². The Morgan fingerprint density at radius 1 is 0.500 bits per heavy atom. The Labute approximate surface area is 243 Å². The first-order valence-corrected chi connectivity index (χ1v) is 14.0. The number of imidazole rings is 1. The zero-order valence-electron chi connectivity index (χ0n) is 22.6. The molecule has 0 fully saturated rings. The predicted molar refractivity (Wildman–Crippen MR) is 169 cm³/mol. The summed E-state index contributed by atoms with van der Waals surface area (Å²) in [4.78, 5) is 10.0. The van der Waals surface area contributed by atoms with Crippen LogP contribution in [0.25, 0.3) is 73.1 Å². The number of rotatable bonds is 3. The molecule has 1 N–H and O–H groups in total. The monoisotopic (exact) mass is 539 g/mol. The molecule has 1 aliphatic carbocycles. The van der Waals surface area contributed by atoms with E-state index in [0.29, 0.717) is 11.4 Å². The van der Waals surface area contributed by atoms with Crippen molar-refractivity contribution in [3.05, 3.63) is 146 Å². The third-order valence-corrected chi connectivity index (χ3v) is 7.96. The number of phenolic OH excluding ortho intramolecular Hbond substituents is 1. The maximum atomic E-state index is 11.1. The maximum absolute atomic E-state index is 11.1. The predicted octanol–water partition coefficient (Wildman–Crippen LogP) is 9.29. The molecule has 2 aromatic heterocycles. The van der Waals surface area contributed by atoms with Gasteiger partial charge in [0.25, 0.3) is 0 Å². The van der Waals surface area contributed by atoms with Gasteiger partial charge in [-0.25, -0.2) is 4.98 Å². The Kier molecular flexibility index (Phi) is 5.57. The summed E-state index contributed by atoms with van der Waals surface area (Å²) in [5.41, 5.74) is 12.0. The minimum absolute atomic E-state index is 0.187. The van der Waals surface area contributed by atoms with Crippen LogP contribution in [0.5, 0.6) is 5.75 Å². The molecule has 1 aliphatic rings. The smallest absolute Gasteiger partial charge is 0.149 e. The fourth-order valence-corrected chi connectivity index (χ4v) is 6.07. The maximum Gasteiger partial charge on any atom is 0.149 e. The van der Waals surface area contributed by atoms with Crippen LogP contribution in [-0.4, -0.2) is 19.6 Å². The molecule has 0 saturated carbocycles. The molecule has 4 nitrogen and oxygen atoms in total. The molecular weight excluding hydrogens is 514 g/mol. The van der Waals surface area contributed by atoms with E-state index in [0.717, 1.165) is 61.7 Å². The summed E-state index contributed by atoms with van der Waals surface area (Å²) < 4.78 is 2.19. The molecule has 4 heteroatoms. The number of pyridine rings is 1. The number of phenols is 1. The standard InChI is InChI=1S/C38H25N3O/c42-35-20-9-8-18-32(35)38-40-36-33-24-25(34-19-10-11-23-39-34)21-22-30(33)28-15-5-4-14-27(28)29-16-6-7-17-31(29)37(36)41(38)26-12-2-1-3-13-26/h1-24,42H. The summed E-state index contributed by atoms with van der Waals surface area (Å²) in [6.45, 7) is 0. The summed E-state index contributed by atoms with van der Waals surface area (Å²) in [6.07, 6.45) is 1.82. The topological polar surface area (TPSA) is 50.9 Å². The second-order valence-electron chi connectivity index (χ2n) is 10.4. The van der Waals surface area contributed by atoms with Crippen molar-refractivity contribution in [2.45, 2.75) is 0 Å². The zero-order valence-corrected chi connectivity index (χ0v) is 22.6. The summed E-state index contributed by atoms with van der Waals surface area (Å²) in [6, 6.07) is 47.3. The van der Waals surface area contributed by atoms with Crippen LogP contribution in [0.3, 0.4) is 0 Å². The third-order valence-electron chi connectivity index (χ3n) is 7.96. The van der Waals surface area contributed by atoms with Crippen molar-refractivity contribution in [3.63, 3.8) is 0 Å². The van der Waals surface area contributed by atoms with Gasteiger partial charge in [0.05, 0.1) is 22.6 Å². The van der Waals surface area contributed by atoms with E-state index in [4.69, 9.17) is 4.98 Å². The van der Waals surface area contributed by atoms with E-state index < -0.39 is 0 Å². The highest BCUT2D eigenvalue weighted by Crippen LogP contribution is 2.50. The summed E-state index contributed by atoms with van der Waals surface area (Å²) in [5, 5.41) is 11.1. The van der Waals surface area contributed by atoms with Crippen LogP contribution in [0.1, 0.15) is 0 Å². The molecular formula is C38H25N3O.